The molecule has 2 heterocycles. The number of thioether (sulfide) groups is 1. The highest BCUT2D eigenvalue weighted by Crippen LogP contribution is 2.28. The molecule has 0 radical (unpaired) electrons. The molecule has 0 saturated heterocycles. The average molecular weight is 448 g/mol. The summed E-state index contributed by atoms with van der Waals surface area (Å²) in [7, 11) is -2.81. The lowest BCUT2D eigenvalue weighted by Gasteiger charge is -2.11. The van der Waals surface area contributed by atoms with Crippen LogP contribution in [0.2, 0.25) is 0 Å². The Balaban J connectivity index is 1.74. The van der Waals surface area contributed by atoms with Crippen molar-refractivity contribution < 1.29 is 17.9 Å². The fraction of sp³-hybridized carbons (Fsp3) is 0.176. The Morgan fingerprint density at radius 2 is 1.83 bits per heavy atom. The topological polar surface area (TPSA) is 149 Å². The summed E-state index contributed by atoms with van der Waals surface area (Å²) < 4.78 is 32.4. The molecule has 0 unspecified atom stereocenters. The molecule has 1 aromatic carbocycles. The van der Waals surface area contributed by atoms with Gasteiger partial charge in [0.2, 0.25) is 5.95 Å². The van der Waals surface area contributed by atoms with Crippen molar-refractivity contribution in [3.8, 4) is 6.01 Å². The van der Waals surface area contributed by atoms with E-state index in [1.165, 1.54) is 24.9 Å². The van der Waals surface area contributed by atoms with Gasteiger partial charge in [0.1, 0.15) is 16.5 Å². The normalized spacial score (nSPS) is 11.0. The summed E-state index contributed by atoms with van der Waals surface area (Å²) in [5.74, 6) is 1.07. The number of amides is 2. The zero-order valence-electron chi connectivity index (χ0n) is 15.9. The van der Waals surface area contributed by atoms with E-state index in [0.29, 0.717) is 22.3 Å². The molecule has 30 heavy (non-hydrogen) atoms. The van der Waals surface area contributed by atoms with Gasteiger partial charge < -0.3 is 4.74 Å². The third-order valence-electron chi connectivity index (χ3n) is 3.48. The predicted octanol–water partition coefficient (Wildman–Crippen LogP) is 1.78. The monoisotopic (exact) mass is 447 g/mol. The number of nitrogens with one attached hydrogen (secondary N) is 2. The fourth-order valence-electron chi connectivity index (χ4n) is 2.25. The van der Waals surface area contributed by atoms with Gasteiger partial charge in [0, 0.05) is 17.3 Å². The van der Waals surface area contributed by atoms with Gasteiger partial charge in [-0.1, -0.05) is 12.1 Å². The minimum Gasteiger partial charge on any atom is -0.467 e. The second-order valence-corrected chi connectivity index (χ2v) is 8.32. The van der Waals surface area contributed by atoms with Crippen LogP contribution >= 0.6 is 11.8 Å². The Morgan fingerprint density at radius 3 is 2.57 bits per heavy atom. The lowest BCUT2D eigenvalue weighted by Crippen LogP contribution is -2.35. The van der Waals surface area contributed by atoms with Crippen molar-refractivity contribution in [1.29, 1.82) is 0 Å². The summed E-state index contributed by atoms with van der Waals surface area (Å²) >= 11 is 1.24. The van der Waals surface area contributed by atoms with E-state index in [1.54, 1.807) is 43.6 Å². The van der Waals surface area contributed by atoms with E-state index in [0.717, 1.165) is 0 Å². The number of ether oxygens (including phenoxy) is 1. The molecular weight excluding hydrogens is 430 g/mol. The molecule has 156 valence electrons. The molecule has 0 aliphatic heterocycles. The number of aromatic nitrogens is 5. The zero-order valence-corrected chi connectivity index (χ0v) is 17.6. The number of benzene rings is 1. The van der Waals surface area contributed by atoms with E-state index in [9.17, 15) is 13.2 Å². The first-order valence-corrected chi connectivity index (χ1v) is 10.9. The van der Waals surface area contributed by atoms with Crippen LogP contribution in [0.15, 0.2) is 52.5 Å². The molecule has 0 saturated carbocycles. The van der Waals surface area contributed by atoms with Gasteiger partial charge in [-0.15, -0.1) is 11.8 Å². The summed E-state index contributed by atoms with van der Waals surface area (Å²) in [4.78, 5) is 32.5. The Kier molecular flexibility index (Phi) is 6.74. The molecule has 0 aliphatic carbocycles. The van der Waals surface area contributed by atoms with Crippen molar-refractivity contribution in [2.24, 2.45) is 0 Å². The largest absolute Gasteiger partial charge is 0.467 e. The molecule has 2 N–H and O–H groups in total. The van der Waals surface area contributed by atoms with Gasteiger partial charge >= 0.3 is 12.0 Å². The molecule has 0 spiro atoms. The first-order chi connectivity index (χ1) is 14.4. The van der Waals surface area contributed by atoms with E-state index in [2.05, 4.69) is 30.2 Å². The standard InChI is InChI=1S/C17H17N7O4S2/c1-11-20-15(23-17(21-11)28-2)22-16(25)24-30(26,27)13-7-4-3-6-12(13)29-10-14-18-8-5-9-19-14/h3-9H,10H2,1-2H3,(H2,20,21,22,23,24,25). The number of hydrogen-bond acceptors (Lipinski definition) is 10. The maximum Gasteiger partial charge on any atom is 0.335 e. The number of sulfonamides is 1. The smallest absolute Gasteiger partial charge is 0.335 e. The number of aryl methyl sites for hydroxylation is 1. The van der Waals surface area contributed by atoms with Crippen molar-refractivity contribution in [2.45, 2.75) is 22.5 Å². The molecule has 2 aromatic heterocycles. The van der Waals surface area contributed by atoms with E-state index in [4.69, 9.17) is 4.74 Å². The van der Waals surface area contributed by atoms with Gasteiger partial charge in [-0.2, -0.15) is 15.0 Å². The van der Waals surface area contributed by atoms with Crippen molar-refractivity contribution in [3.05, 3.63) is 54.4 Å². The van der Waals surface area contributed by atoms with Crippen molar-refractivity contribution in [3.63, 3.8) is 0 Å². The van der Waals surface area contributed by atoms with Gasteiger partial charge in [-0.05, 0) is 25.1 Å². The van der Waals surface area contributed by atoms with E-state index in [-0.39, 0.29) is 16.9 Å². The third-order valence-corrected chi connectivity index (χ3v) is 6.06. The molecular formula is C17H17N7O4S2. The first-order valence-electron chi connectivity index (χ1n) is 8.45. The van der Waals surface area contributed by atoms with Crippen LogP contribution in [0.5, 0.6) is 6.01 Å². The molecule has 0 bridgehead atoms. The highest BCUT2D eigenvalue weighted by atomic mass is 32.2. The summed E-state index contributed by atoms with van der Waals surface area (Å²) in [6.07, 6.45) is 3.21. The first kappa shape index (κ1) is 21.4. The maximum atomic E-state index is 12.8. The van der Waals surface area contributed by atoms with Gasteiger partial charge in [0.25, 0.3) is 10.0 Å². The molecule has 2 amide bonds. The predicted molar refractivity (Wildman–Crippen MR) is 108 cm³/mol. The number of carbonyl (C=O) groups excluding carboxylic acids is 1. The number of anilines is 1. The lowest BCUT2D eigenvalue weighted by atomic mass is 10.4. The van der Waals surface area contributed by atoms with Crippen molar-refractivity contribution >= 4 is 33.8 Å². The van der Waals surface area contributed by atoms with Crippen LogP contribution in [0.4, 0.5) is 10.7 Å². The quantitative estimate of drug-likeness (QED) is 0.513. The third kappa shape index (κ3) is 5.61. The van der Waals surface area contributed by atoms with Crippen LogP contribution in [-0.2, 0) is 15.8 Å². The lowest BCUT2D eigenvalue weighted by molar-refractivity contribution is 0.256. The Bertz CT molecular complexity index is 1140. The molecule has 0 fully saturated rings. The molecule has 3 rings (SSSR count). The Labute approximate surface area is 176 Å². The summed E-state index contributed by atoms with van der Waals surface area (Å²) in [5, 5.41) is 2.26. The van der Waals surface area contributed by atoms with Crippen LogP contribution in [0.1, 0.15) is 11.6 Å². The number of carbonyl (C=O) groups is 1. The van der Waals surface area contributed by atoms with E-state index >= 15 is 0 Å². The van der Waals surface area contributed by atoms with Crippen molar-refractivity contribution in [1.82, 2.24) is 29.6 Å². The molecule has 0 atom stereocenters. The molecule has 0 aliphatic rings. The van der Waals surface area contributed by atoms with Crippen LogP contribution in [0.3, 0.4) is 0 Å². The second-order valence-electron chi connectivity index (χ2n) is 5.65. The SMILES string of the molecule is COc1nc(C)nc(NC(=O)NS(=O)(=O)c2ccccc2SCc2ncccn2)n1. The Morgan fingerprint density at radius 1 is 1.10 bits per heavy atom. The van der Waals surface area contributed by atoms with Gasteiger partial charge in [-0.25, -0.2) is 27.9 Å². The number of rotatable bonds is 7. The maximum absolute atomic E-state index is 12.8. The highest BCUT2D eigenvalue weighted by Gasteiger charge is 2.22. The summed E-state index contributed by atoms with van der Waals surface area (Å²) in [6.45, 7) is 1.58. The van der Waals surface area contributed by atoms with Gasteiger partial charge in [0.05, 0.1) is 12.9 Å². The summed E-state index contributed by atoms with van der Waals surface area (Å²) in [5.41, 5.74) is 0. The number of hydrogen-bond donors (Lipinski definition) is 2. The van der Waals surface area contributed by atoms with Crippen molar-refractivity contribution in [2.75, 3.05) is 12.4 Å². The Hall–Kier alpha value is -3.32. The second kappa shape index (κ2) is 9.45. The molecule has 3 aromatic rings. The van der Waals surface area contributed by atoms with Crippen LogP contribution in [0.25, 0.3) is 0 Å². The highest BCUT2D eigenvalue weighted by molar-refractivity contribution is 7.99. The zero-order chi connectivity index (χ0) is 21.6. The fourth-order valence-corrected chi connectivity index (χ4v) is 4.57. The average Bonchev–Trinajstić information content (AvgIpc) is 2.72. The van der Waals surface area contributed by atoms with Crippen LogP contribution in [0, 0.1) is 6.92 Å². The van der Waals surface area contributed by atoms with E-state index in [1.807, 2.05) is 4.72 Å². The van der Waals surface area contributed by atoms with E-state index < -0.39 is 16.1 Å². The minimum atomic E-state index is -4.17. The number of urea groups is 1. The van der Waals surface area contributed by atoms with Gasteiger partial charge in [-0.3, -0.25) is 5.32 Å². The minimum absolute atomic E-state index is 0.00877. The van der Waals surface area contributed by atoms with Crippen LogP contribution in [-0.4, -0.2) is 46.5 Å². The molecule has 13 heteroatoms. The van der Waals surface area contributed by atoms with Crippen LogP contribution < -0.4 is 14.8 Å². The number of nitrogens with zero attached hydrogens (tertiary/aromatic N) is 5. The van der Waals surface area contributed by atoms with Gasteiger partial charge in [0.15, 0.2) is 0 Å². The number of methoxy groups -OCH3 is 1. The summed E-state index contributed by atoms with van der Waals surface area (Å²) in [6, 6.07) is 6.97. The molecule has 11 nitrogen and oxygen atoms in total.